The number of aryl methyl sites for hydroxylation is 1. The number of anilines is 1. The van der Waals surface area contributed by atoms with Crippen molar-refractivity contribution >= 4 is 33.3 Å². The first-order valence-electron chi connectivity index (χ1n) is 9.31. The van der Waals surface area contributed by atoms with E-state index in [4.69, 9.17) is 4.74 Å². The third-order valence-electron chi connectivity index (χ3n) is 5.09. The summed E-state index contributed by atoms with van der Waals surface area (Å²) >= 11 is 0. The minimum Gasteiger partial charge on any atom is -0.464 e. The Morgan fingerprint density at radius 2 is 1.84 bits per heavy atom. The topological polar surface area (TPSA) is 154 Å². The normalized spacial score (nSPS) is 15.4. The summed E-state index contributed by atoms with van der Waals surface area (Å²) in [5.41, 5.74) is 0.130. The molecule has 1 aromatic heterocycles. The Morgan fingerprint density at radius 1 is 1.23 bits per heavy atom. The Hall–Kier alpha value is -3.32. The molecule has 166 valence electrons. The van der Waals surface area contributed by atoms with Crippen LogP contribution in [0.1, 0.15) is 23.3 Å². The van der Waals surface area contributed by atoms with Gasteiger partial charge in [-0.2, -0.15) is 9.40 Å². The first kappa shape index (κ1) is 22.4. The molecule has 1 aliphatic heterocycles. The molecule has 1 fully saturated rings. The van der Waals surface area contributed by atoms with Gasteiger partial charge < -0.3 is 10.1 Å². The van der Waals surface area contributed by atoms with E-state index in [1.807, 2.05) is 0 Å². The van der Waals surface area contributed by atoms with E-state index in [0.29, 0.717) is 0 Å². The van der Waals surface area contributed by atoms with Crippen LogP contribution in [-0.4, -0.2) is 59.5 Å². The highest BCUT2D eigenvalue weighted by atomic mass is 32.2. The predicted molar refractivity (Wildman–Crippen MR) is 108 cm³/mol. The summed E-state index contributed by atoms with van der Waals surface area (Å²) in [6.07, 6.45) is 1.91. The van der Waals surface area contributed by atoms with E-state index in [2.05, 4.69) is 10.4 Å². The van der Waals surface area contributed by atoms with Crippen molar-refractivity contribution in [2.24, 2.45) is 13.0 Å². The highest BCUT2D eigenvalue weighted by Crippen LogP contribution is 2.26. The van der Waals surface area contributed by atoms with Crippen molar-refractivity contribution in [1.29, 1.82) is 0 Å². The molecule has 0 bridgehead atoms. The Balaban J connectivity index is 1.64. The Morgan fingerprint density at radius 3 is 2.39 bits per heavy atom. The van der Waals surface area contributed by atoms with Crippen molar-refractivity contribution in [2.45, 2.75) is 17.7 Å². The van der Waals surface area contributed by atoms with Crippen LogP contribution >= 0.6 is 0 Å². The van der Waals surface area contributed by atoms with E-state index in [0.717, 1.165) is 12.1 Å². The van der Waals surface area contributed by atoms with Crippen LogP contribution < -0.4 is 5.32 Å². The maximum atomic E-state index is 12.8. The van der Waals surface area contributed by atoms with Crippen molar-refractivity contribution < 1.29 is 27.7 Å². The number of nitrogens with one attached hydrogen (secondary N) is 1. The van der Waals surface area contributed by atoms with E-state index in [1.165, 1.54) is 34.4 Å². The number of nitrogens with zero attached hydrogens (tertiary/aromatic N) is 4. The smallest absolute Gasteiger partial charge is 0.358 e. The zero-order valence-electron chi connectivity index (χ0n) is 16.8. The van der Waals surface area contributed by atoms with E-state index in [-0.39, 0.29) is 53.8 Å². The molecule has 1 aromatic carbocycles. The average Bonchev–Trinajstić information content (AvgIpc) is 3.13. The molecule has 1 N–H and O–H groups in total. The Labute approximate surface area is 178 Å². The molecule has 0 spiro atoms. The van der Waals surface area contributed by atoms with Gasteiger partial charge in [-0.05, 0) is 25.0 Å². The van der Waals surface area contributed by atoms with Crippen LogP contribution in [0.25, 0.3) is 0 Å². The summed E-state index contributed by atoms with van der Waals surface area (Å²) in [7, 11) is -1.06. The number of ether oxygens (including phenoxy) is 1. The van der Waals surface area contributed by atoms with Crippen LogP contribution in [0.5, 0.6) is 0 Å². The van der Waals surface area contributed by atoms with Gasteiger partial charge in [-0.3, -0.25) is 19.6 Å². The molecule has 0 unspecified atom stereocenters. The number of aromatic nitrogens is 2. The predicted octanol–water partition coefficient (Wildman–Crippen LogP) is 1.15. The number of amides is 1. The number of non-ortho nitro benzene ring substituents is 1. The fourth-order valence-corrected chi connectivity index (χ4v) is 4.82. The lowest BCUT2D eigenvalue weighted by Crippen LogP contribution is -2.41. The zero-order chi connectivity index (χ0) is 22.8. The molecule has 0 saturated carbocycles. The van der Waals surface area contributed by atoms with Gasteiger partial charge in [0.25, 0.3) is 5.69 Å². The molecule has 0 aliphatic carbocycles. The monoisotopic (exact) mass is 451 g/mol. The van der Waals surface area contributed by atoms with E-state index in [1.54, 1.807) is 7.05 Å². The summed E-state index contributed by atoms with van der Waals surface area (Å²) < 4.78 is 32.8. The molecule has 3 rings (SSSR count). The summed E-state index contributed by atoms with van der Waals surface area (Å²) in [4.78, 5) is 34.6. The van der Waals surface area contributed by atoms with E-state index in [9.17, 15) is 28.1 Å². The highest BCUT2D eigenvalue weighted by Gasteiger charge is 2.33. The zero-order valence-corrected chi connectivity index (χ0v) is 17.7. The number of rotatable bonds is 6. The maximum absolute atomic E-state index is 12.8. The van der Waals surface area contributed by atoms with Crippen molar-refractivity contribution in [3.63, 3.8) is 0 Å². The lowest BCUT2D eigenvalue weighted by atomic mass is 9.97. The third-order valence-corrected chi connectivity index (χ3v) is 7.00. The average molecular weight is 451 g/mol. The lowest BCUT2D eigenvalue weighted by molar-refractivity contribution is -0.384. The molecule has 31 heavy (non-hydrogen) atoms. The van der Waals surface area contributed by atoms with Gasteiger partial charge in [-0.15, -0.1) is 0 Å². The number of hydrogen-bond acceptors (Lipinski definition) is 8. The second kappa shape index (κ2) is 8.81. The number of carbonyl (C=O) groups excluding carboxylic acids is 2. The second-order valence-corrected chi connectivity index (χ2v) is 8.88. The summed E-state index contributed by atoms with van der Waals surface area (Å²) in [5.74, 6) is -1.43. The minimum absolute atomic E-state index is 0.0425. The van der Waals surface area contributed by atoms with Gasteiger partial charge in [0.1, 0.15) is 0 Å². The van der Waals surface area contributed by atoms with Crippen LogP contribution in [0.4, 0.5) is 11.4 Å². The first-order chi connectivity index (χ1) is 14.6. The molecular weight excluding hydrogens is 430 g/mol. The van der Waals surface area contributed by atoms with Gasteiger partial charge >= 0.3 is 5.97 Å². The summed E-state index contributed by atoms with van der Waals surface area (Å²) in [6, 6.07) is 4.67. The van der Waals surface area contributed by atoms with Gasteiger partial charge in [0.05, 0.1) is 28.8 Å². The lowest BCUT2D eigenvalue weighted by Gasteiger charge is -2.30. The fourth-order valence-electron chi connectivity index (χ4n) is 3.35. The molecule has 2 aromatic rings. The Bertz CT molecular complexity index is 1100. The van der Waals surface area contributed by atoms with Gasteiger partial charge in [-0.1, -0.05) is 0 Å². The number of methoxy groups -OCH3 is 1. The highest BCUT2D eigenvalue weighted by molar-refractivity contribution is 7.89. The first-order valence-corrected chi connectivity index (χ1v) is 10.7. The molecule has 0 radical (unpaired) electrons. The number of hydrogen-bond donors (Lipinski definition) is 1. The number of piperidine rings is 1. The number of nitro benzene ring substituents is 1. The van der Waals surface area contributed by atoms with Crippen molar-refractivity contribution in [2.75, 3.05) is 25.5 Å². The number of nitro groups is 1. The van der Waals surface area contributed by atoms with E-state index < -0.39 is 26.8 Å². The maximum Gasteiger partial charge on any atom is 0.358 e. The molecule has 1 amide bonds. The summed E-state index contributed by atoms with van der Waals surface area (Å²) in [6.45, 7) is 0.239. The van der Waals surface area contributed by atoms with Gasteiger partial charge in [0.15, 0.2) is 5.69 Å². The Kier molecular flexibility index (Phi) is 6.36. The van der Waals surface area contributed by atoms with Crippen molar-refractivity contribution in [3.8, 4) is 0 Å². The van der Waals surface area contributed by atoms with Gasteiger partial charge in [0, 0.05) is 38.2 Å². The molecule has 2 heterocycles. The van der Waals surface area contributed by atoms with Crippen LogP contribution in [0.3, 0.4) is 0 Å². The standard InChI is InChI=1S/C18H21N5O7S/c1-21-16(18(25)30-2)15(11-19-21)20-17(24)12-7-9-22(10-8-12)31(28,29)14-5-3-13(4-6-14)23(26)27/h3-6,11-12H,7-10H2,1-2H3,(H,20,24). The van der Waals surface area contributed by atoms with Crippen LogP contribution in [0.2, 0.25) is 0 Å². The van der Waals surface area contributed by atoms with E-state index >= 15 is 0 Å². The second-order valence-electron chi connectivity index (χ2n) is 6.94. The number of carbonyl (C=O) groups is 2. The van der Waals surface area contributed by atoms with Crippen LogP contribution in [0, 0.1) is 16.0 Å². The SMILES string of the molecule is COC(=O)c1c(NC(=O)C2CCN(S(=O)(=O)c3ccc([N+](=O)[O-])cc3)CC2)cnn1C. The minimum atomic E-state index is -3.83. The summed E-state index contributed by atoms with van der Waals surface area (Å²) in [5, 5.41) is 17.4. The van der Waals surface area contributed by atoms with Gasteiger partial charge in [0.2, 0.25) is 15.9 Å². The number of esters is 1. The molecular formula is C18H21N5O7S. The fraction of sp³-hybridized carbons (Fsp3) is 0.389. The molecule has 1 saturated heterocycles. The van der Waals surface area contributed by atoms with Crippen molar-refractivity contribution in [3.05, 3.63) is 46.3 Å². The molecule has 13 heteroatoms. The van der Waals surface area contributed by atoms with Gasteiger partial charge in [-0.25, -0.2) is 13.2 Å². The molecule has 12 nitrogen and oxygen atoms in total. The quantitative estimate of drug-likeness (QED) is 0.390. The number of sulfonamides is 1. The third kappa shape index (κ3) is 4.56. The largest absolute Gasteiger partial charge is 0.464 e. The van der Waals surface area contributed by atoms with Crippen LogP contribution in [-0.2, 0) is 26.6 Å². The molecule has 0 atom stereocenters. The molecule has 1 aliphatic rings. The van der Waals surface area contributed by atoms with Crippen LogP contribution in [0.15, 0.2) is 35.4 Å². The number of benzene rings is 1. The van der Waals surface area contributed by atoms with Crippen molar-refractivity contribution in [1.82, 2.24) is 14.1 Å².